The summed E-state index contributed by atoms with van der Waals surface area (Å²) in [7, 11) is 0. The fourth-order valence-corrected chi connectivity index (χ4v) is 9.03. The molecule has 1 heterocycles. The van der Waals surface area contributed by atoms with Gasteiger partial charge in [0, 0.05) is 33.4 Å². The molecular weight excluding hydrogens is 749 g/mol. The summed E-state index contributed by atoms with van der Waals surface area (Å²) in [5, 5.41) is 2.49. The maximum Gasteiger partial charge on any atom is 0.0547 e. The van der Waals surface area contributed by atoms with E-state index in [2.05, 4.69) is 264 Å². The largest absolute Gasteiger partial charge is 0.310 e. The van der Waals surface area contributed by atoms with Crippen LogP contribution in [0.25, 0.3) is 83.1 Å². The van der Waals surface area contributed by atoms with E-state index < -0.39 is 0 Å². The molecule has 0 aliphatic rings. The number of fused-ring (bicyclic) bond motifs is 3. The van der Waals surface area contributed by atoms with Crippen LogP contribution in [-0.2, 0) is 0 Å². The predicted octanol–water partition coefficient (Wildman–Crippen LogP) is 16.6. The molecule has 0 amide bonds. The Bertz CT molecular complexity index is 3210. The van der Waals surface area contributed by atoms with Gasteiger partial charge in [0.1, 0.15) is 0 Å². The van der Waals surface area contributed by atoms with Gasteiger partial charge in [-0.3, -0.25) is 0 Å². The fraction of sp³-hybridized carbons (Fsp3) is 0. The van der Waals surface area contributed by atoms with Crippen molar-refractivity contribution in [2.24, 2.45) is 0 Å². The Hall–Kier alpha value is -8.20. The van der Waals surface area contributed by atoms with Crippen LogP contribution in [0.3, 0.4) is 0 Å². The minimum atomic E-state index is 1.09. The van der Waals surface area contributed by atoms with Gasteiger partial charge in [0.05, 0.1) is 16.7 Å². The zero-order valence-electron chi connectivity index (χ0n) is 34.1. The lowest BCUT2D eigenvalue weighted by Crippen LogP contribution is -2.11. The summed E-state index contributed by atoms with van der Waals surface area (Å²) in [5.74, 6) is 0. The van der Waals surface area contributed by atoms with Gasteiger partial charge in [0.15, 0.2) is 0 Å². The number of hydrogen-bond donors (Lipinski definition) is 0. The molecule has 0 aliphatic carbocycles. The molecule has 0 radical (unpaired) electrons. The van der Waals surface area contributed by atoms with E-state index in [-0.39, 0.29) is 0 Å². The van der Waals surface area contributed by atoms with E-state index in [0.29, 0.717) is 0 Å². The molecule has 0 saturated heterocycles. The number of para-hydroxylation sites is 2. The fourth-order valence-electron chi connectivity index (χ4n) is 9.03. The third-order valence-electron chi connectivity index (χ3n) is 12.0. The van der Waals surface area contributed by atoms with Gasteiger partial charge in [-0.1, -0.05) is 194 Å². The normalized spacial score (nSPS) is 11.2. The second-order valence-electron chi connectivity index (χ2n) is 15.7. The number of benzene rings is 10. The van der Waals surface area contributed by atoms with Gasteiger partial charge in [-0.05, 0) is 111 Å². The molecule has 10 aromatic carbocycles. The van der Waals surface area contributed by atoms with Crippen LogP contribution in [0.1, 0.15) is 0 Å². The van der Waals surface area contributed by atoms with Gasteiger partial charge >= 0.3 is 0 Å². The average molecular weight is 791 g/mol. The summed E-state index contributed by atoms with van der Waals surface area (Å²) < 4.78 is 2.41. The van der Waals surface area contributed by atoms with Crippen LogP contribution in [0.5, 0.6) is 0 Å². The van der Waals surface area contributed by atoms with E-state index in [1.54, 1.807) is 0 Å². The lowest BCUT2D eigenvalue weighted by molar-refractivity contribution is 1.18. The minimum absolute atomic E-state index is 1.09. The standard InChI is InChI=1S/C60H42N2/c1-4-16-43(17-5-1)46-30-36-51(37-31-46)61(52-38-32-47(33-39-52)44-18-6-2-7-19-44)57-27-12-10-24-54(57)49-22-14-23-50(42-49)55-26-15-29-59-60(55)56-25-11-13-28-58(56)62(59)53-40-34-48(35-41-53)45-20-8-3-9-21-45/h1-42H. The van der Waals surface area contributed by atoms with Crippen LogP contribution >= 0.6 is 0 Å². The minimum Gasteiger partial charge on any atom is -0.310 e. The number of nitrogens with zero attached hydrogens (tertiary/aromatic N) is 2. The molecule has 2 nitrogen and oxygen atoms in total. The summed E-state index contributed by atoms with van der Waals surface area (Å²) in [6.45, 7) is 0. The Labute approximate surface area is 362 Å². The Morgan fingerprint density at radius 1 is 0.274 bits per heavy atom. The first-order chi connectivity index (χ1) is 30.8. The molecule has 0 bridgehead atoms. The summed E-state index contributed by atoms with van der Waals surface area (Å²) in [6.07, 6.45) is 0. The summed E-state index contributed by atoms with van der Waals surface area (Å²) in [5.41, 5.74) is 18.7. The van der Waals surface area contributed by atoms with Crippen LogP contribution in [0, 0.1) is 0 Å². The first kappa shape index (κ1) is 36.8. The molecular formula is C60H42N2. The zero-order chi connectivity index (χ0) is 41.2. The number of aromatic nitrogens is 1. The molecule has 0 aliphatic heterocycles. The molecule has 0 atom stereocenters. The summed E-state index contributed by atoms with van der Waals surface area (Å²) in [4.78, 5) is 2.39. The van der Waals surface area contributed by atoms with Crippen molar-refractivity contribution >= 4 is 38.9 Å². The molecule has 0 unspecified atom stereocenters. The molecule has 0 N–H and O–H groups in total. The van der Waals surface area contributed by atoms with Crippen molar-refractivity contribution in [2.45, 2.75) is 0 Å². The van der Waals surface area contributed by atoms with Crippen molar-refractivity contribution in [1.82, 2.24) is 4.57 Å². The first-order valence-electron chi connectivity index (χ1n) is 21.3. The van der Waals surface area contributed by atoms with Crippen LogP contribution in [0.2, 0.25) is 0 Å². The Morgan fingerprint density at radius 2 is 0.677 bits per heavy atom. The highest BCUT2D eigenvalue weighted by molar-refractivity contribution is 6.16. The number of rotatable bonds is 9. The van der Waals surface area contributed by atoms with Crippen molar-refractivity contribution in [3.8, 4) is 61.3 Å². The van der Waals surface area contributed by atoms with E-state index in [4.69, 9.17) is 0 Å². The van der Waals surface area contributed by atoms with Crippen molar-refractivity contribution in [3.63, 3.8) is 0 Å². The maximum absolute atomic E-state index is 2.41. The molecule has 2 heteroatoms. The smallest absolute Gasteiger partial charge is 0.0547 e. The van der Waals surface area contributed by atoms with E-state index in [9.17, 15) is 0 Å². The SMILES string of the molecule is c1ccc(-c2ccc(N(c3ccc(-c4ccccc4)cc3)c3ccccc3-c3cccc(-c4cccc5c4c4ccccc4n5-c4ccc(-c5ccccc5)cc4)c3)cc2)cc1. The number of hydrogen-bond acceptors (Lipinski definition) is 1. The van der Waals surface area contributed by atoms with Gasteiger partial charge in [-0.2, -0.15) is 0 Å². The van der Waals surface area contributed by atoms with E-state index >= 15 is 0 Å². The quantitative estimate of drug-likeness (QED) is 0.141. The average Bonchev–Trinajstić information content (AvgIpc) is 3.70. The molecule has 11 aromatic rings. The highest BCUT2D eigenvalue weighted by atomic mass is 15.1. The third-order valence-corrected chi connectivity index (χ3v) is 12.0. The summed E-state index contributed by atoms with van der Waals surface area (Å²) >= 11 is 0. The molecule has 11 rings (SSSR count). The Morgan fingerprint density at radius 3 is 1.26 bits per heavy atom. The monoisotopic (exact) mass is 790 g/mol. The van der Waals surface area contributed by atoms with E-state index in [1.807, 2.05) is 0 Å². The first-order valence-corrected chi connectivity index (χ1v) is 21.3. The maximum atomic E-state index is 2.41. The predicted molar refractivity (Wildman–Crippen MR) is 263 cm³/mol. The van der Waals surface area contributed by atoms with Crippen molar-refractivity contribution in [2.75, 3.05) is 4.90 Å². The lowest BCUT2D eigenvalue weighted by Gasteiger charge is -2.28. The van der Waals surface area contributed by atoms with Gasteiger partial charge in [-0.15, -0.1) is 0 Å². The van der Waals surface area contributed by atoms with Crippen LogP contribution in [0.4, 0.5) is 17.1 Å². The lowest BCUT2D eigenvalue weighted by atomic mass is 9.94. The van der Waals surface area contributed by atoms with E-state index in [0.717, 1.165) is 33.9 Å². The second-order valence-corrected chi connectivity index (χ2v) is 15.7. The van der Waals surface area contributed by atoms with Gasteiger partial charge in [0.2, 0.25) is 0 Å². The third kappa shape index (κ3) is 6.84. The Kier molecular flexibility index (Phi) is 9.57. The van der Waals surface area contributed by atoms with Crippen LogP contribution < -0.4 is 4.90 Å². The zero-order valence-corrected chi connectivity index (χ0v) is 34.1. The number of anilines is 3. The van der Waals surface area contributed by atoms with Gasteiger partial charge in [-0.25, -0.2) is 0 Å². The highest BCUT2D eigenvalue weighted by Crippen LogP contribution is 2.44. The molecule has 62 heavy (non-hydrogen) atoms. The molecule has 0 saturated carbocycles. The van der Waals surface area contributed by atoms with Crippen LogP contribution in [0.15, 0.2) is 255 Å². The van der Waals surface area contributed by atoms with Crippen molar-refractivity contribution < 1.29 is 0 Å². The second kappa shape index (κ2) is 16.1. The van der Waals surface area contributed by atoms with Crippen molar-refractivity contribution in [3.05, 3.63) is 255 Å². The topological polar surface area (TPSA) is 8.17 Å². The van der Waals surface area contributed by atoms with Gasteiger partial charge < -0.3 is 9.47 Å². The Balaban J connectivity index is 1.02. The van der Waals surface area contributed by atoms with Crippen LogP contribution in [-0.4, -0.2) is 4.57 Å². The highest BCUT2D eigenvalue weighted by Gasteiger charge is 2.20. The molecule has 0 fully saturated rings. The summed E-state index contributed by atoms with van der Waals surface area (Å²) in [6, 6.07) is 92.0. The van der Waals surface area contributed by atoms with E-state index in [1.165, 1.54) is 66.3 Å². The van der Waals surface area contributed by atoms with Crippen molar-refractivity contribution in [1.29, 1.82) is 0 Å². The van der Waals surface area contributed by atoms with Gasteiger partial charge in [0.25, 0.3) is 0 Å². The molecule has 0 spiro atoms. The molecule has 1 aromatic heterocycles. The molecule has 292 valence electrons.